The maximum atomic E-state index is 12.8. The van der Waals surface area contributed by atoms with Crippen molar-refractivity contribution < 1.29 is 18.0 Å². The number of benzene rings is 1. The molecule has 1 unspecified atom stereocenters. The highest BCUT2D eigenvalue weighted by Crippen LogP contribution is 2.35. The molecule has 3 nitrogen and oxygen atoms in total. The molecule has 1 aliphatic rings. The van der Waals surface area contributed by atoms with E-state index in [9.17, 15) is 13.2 Å². The van der Waals surface area contributed by atoms with Gasteiger partial charge in [0.05, 0.1) is 12.1 Å². The van der Waals surface area contributed by atoms with Crippen LogP contribution >= 0.6 is 11.3 Å². The third-order valence-electron chi connectivity index (χ3n) is 3.50. The lowest BCUT2D eigenvalue weighted by atomic mass is 10.1. The van der Waals surface area contributed by atoms with Gasteiger partial charge in [-0.2, -0.15) is 13.2 Å². The Bertz CT molecular complexity index is 739. The molecule has 3 rings (SSSR count). The van der Waals surface area contributed by atoms with E-state index in [0.717, 1.165) is 21.9 Å². The van der Waals surface area contributed by atoms with E-state index in [1.807, 2.05) is 19.1 Å². The second-order valence-corrected chi connectivity index (χ2v) is 6.65. The zero-order valence-corrected chi connectivity index (χ0v) is 13.1. The van der Waals surface area contributed by atoms with Crippen molar-refractivity contribution in [1.29, 1.82) is 0 Å². The predicted molar refractivity (Wildman–Crippen MR) is 82.1 cm³/mol. The first kappa shape index (κ1) is 15.9. The summed E-state index contributed by atoms with van der Waals surface area (Å²) in [7, 11) is 0. The number of thiophene rings is 1. The fourth-order valence-electron chi connectivity index (χ4n) is 2.45. The summed E-state index contributed by atoms with van der Waals surface area (Å²) >= 11 is 1.61. The van der Waals surface area contributed by atoms with E-state index in [0.29, 0.717) is 5.56 Å². The number of halogens is 3. The Labute approximate surface area is 135 Å². The second-order valence-electron chi connectivity index (χ2n) is 5.33. The SMILES string of the molecule is Cc1ccc(C2C=C(N)ON2Cc2cccc(C(F)(F)F)c2)s1. The van der Waals surface area contributed by atoms with Crippen molar-refractivity contribution in [1.82, 2.24) is 5.06 Å². The minimum absolute atomic E-state index is 0.191. The average Bonchev–Trinajstić information content (AvgIpc) is 3.04. The molecule has 122 valence electrons. The minimum Gasteiger partial charge on any atom is -0.387 e. The molecule has 1 aliphatic heterocycles. The second kappa shape index (κ2) is 5.90. The summed E-state index contributed by atoms with van der Waals surface area (Å²) in [6.07, 6.45) is -2.59. The van der Waals surface area contributed by atoms with Crippen molar-refractivity contribution in [2.24, 2.45) is 5.73 Å². The molecule has 1 aromatic heterocycles. The molecule has 2 N–H and O–H groups in total. The van der Waals surface area contributed by atoms with E-state index >= 15 is 0 Å². The molecule has 0 fully saturated rings. The van der Waals surface area contributed by atoms with Crippen molar-refractivity contribution in [3.8, 4) is 0 Å². The predicted octanol–water partition coefficient (Wildman–Crippen LogP) is 4.36. The highest BCUT2D eigenvalue weighted by atomic mass is 32.1. The molecule has 1 aromatic carbocycles. The van der Waals surface area contributed by atoms with Gasteiger partial charge in [-0.25, -0.2) is 0 Å². The van der Waals surface area contributed by atoms with Gasteiger partial charge in [-0.15, -0.1) is 16.4 Å². The van der Waals surface area contributed by atoms with Gasteiger partial charge in [-0.05, 0) is 30.7 Å². The van der Waals surface area contributed by atoms with Gasteiger partial charge in [0.1, 0.15) is 6.04 Å². The van der Waals surface area contributed by atoms with E-state index in [2.05, 4.69) is 0 Å². The van der Waals surface area contributed by atoms with Gasteiger partial charge in [0, 0.05) is 15.8 Å². The lowest BCUT2D eigenvalue weighted by Crippen LogP contribution is -2.23. The topological polar surface area (TPSA) is 38.5 Å². The number of alkyl halides is 3. The van der Waals surface area contributed by atoms with Gasteiger partial charge < -0.3 is 10.6 Å². The molecule has 0 aliphatic carbocycles. The van der Waals surface area contributed by atoms with E-state index in [-0.39, 0.29) is 18.5 Å². The zero-order valence-electron chi connectivity index (χ0n) is 12.3. The minimum atomic E-state index is -4.36. The normalized spacial score (nSPS) is 18.8. The van der Waals surface area contributed by atoms with Crippen LogP contribution in [0.15, 0.2) is 48.4 Å². The lowest BCUT2D eigenvalue weighted by molar-refractivity contribution is -0.138. The summed E-state index contributed by atoms with van der Waals surface area (Å²) in [5, 5.41) is 1.59. The van der Waals surface area contributed by atoms with E-state index in [1.54, 1.807) is 28.5 Å². The molecule has 0 radical (unpaired) electrons. The van der Waals surface area contributed by atoms with Crippen LogP contribution in [-0.4, -0.2) is 5.06 Å². The third kappa shape index (κ3) is 3.51. The molecular weight excluding hydrogens is 325 g/mol. The first-order valence-corrected chi connectivity index (χ1v) is 7.79. The molecule has 0 spiro atoms. The molecule has 2 aromatic rings. The summed E-state index contributed by atoms with van der Waals surface area (Å²) in [6, 6.07) is 9.00. The molecule has 2 heterocycles. The molecule has 0 bridgehead atoms. The molecule has 0 saturated heterocycles. The maximum absolute atomic E-state index is 12.8. The maximum Gasteiger partial charge on any atom is 0.416 e. The number of hydrogen-bond acceptors (Lipinski definition) is 4. The van der Waals surface area contributed by atoms with Crippen molar-refractivity contribution in [2.75, 3.05) is 0 Å². The number of aryl methyl sites for hydroxylation is 1. The van der Waals surface area contributed by atoms with Crippen molar-refractivity contribution >= 4 is 11.3 Å². The number of hydroxylamine groups is 2. The van der Waals surface area contributed by atoms with E-state index in [4.69, 9.17) is 10.6 Å². The fraction of sp³-hybridized carbons (Fsp3) is 0.250. The first-order chi connectivity index (χ1) is 10.8. The van der Waals surface area contributed by atoms with Crippen molar-refractivity contribution in [3.63, 3.8) is 0 Å². The van der Waals surface area contributed by atoms with Crippen LogP contribution in [0.4, 0.5) is 13.2 Å². The molecule has 7 heteroatoms. The quantitative estimate of drug-likeness (QED) is 0.902. The molecule has 0 saturated carbocycles. The summed E-state index contributed by atoms with van der Waals surface area (Å²) in [4.78, 5) is 7.65. The Hall–Kier alpha value is -1.99. The summed E-state index contributed by atoms with van der Waals surface area (Å²) in [5.41, 5.74) is 5.58. The Morgan fingerprint density at radius 1 is 1.26 bits per heavy atom. The van der Waals surface area contributed by atoms with E-state index < -0.39 is 11.7 Å². The van der Waals surface area contributed by atoms with E-state index in [1.165, 1.54) is 6.07 Å². The molecule has 23 heavy (non-hydrogen) atoms. The van der Waals surface area contributed by atoms with Gasteiger partial charge >= 0.3 is 6.18 Å². The van der Waals surface area contributed by atoms with Crippen LogP contribution in [0.1, 0.15) is 26.9 Å². The van der Waals surface area contributed by atoms with Crippen LogP contribution in [0.25, 0.3) is 0 Å². The summed E-state index contributed by atoms with van der Waals surface area (Å²) < 4.78 is 38.4. The Kier molecular flexibility index (Phi) is 4.08. The van der Waals surface area contributed by atoms with Crippen molar-refractivity contribution in [3.05, 3.63) is 69.2 Å². The fourth-order valence-corrected chi connectivity index (χ4v) is 3.40. The van der Waals surface area contributed by atoms with Gasteiger partial charge in [-0.1, -0.05) is 18.2 Å². The summed E-state index contributed by atoms with van der Waals surface area (Å²) in [5.74, 6) is 0.257. The number of rotatable bonds is 3. The number of nitrogens with two attached hydrogens (primary N) is 1. The Morgan fingerprint density at radius 2 is 2.04 bits per heavy atom. The van der Waals surface area contributed by atoms with Crippen molar-refractivity contribution in [2.45, 2.75) is 25.7 Å². The monoisotopic (exact) mass is 340 g/mol. The third-order valence-corrected chi connectivity index (χ3v) is 4.57. The van der Waals surface area contributed by atoms with Gasteiger partial charge in [0.2, 0.25) is 5.88 Å². The lowest BCUT2D eigenvalue weighted by Gasteiger charge is -2.22. The zero-order chi connectivity index (χ0) is 16.6. The highest BCUT2D eigenvalue weighted by Gasteiger charge is 2.32. The first-order valence-electron chi connectivity index (χ1n) is 6.97. The standard InChI is InChI=1S/C16H15F3N2OS/c1-10-5-6-14(23-10)13-8-15(20)22-21(13)9-11-3-2-4-12(7-11)16(17,18)19/h2-8,13H,9,20H2,1H3. The van der Waals surface area contributed by atoms with Crippen LogP contribution in [0.3, 0.4) is 0 Å². The Balaban J connectivity index is 1.82. The van der Waals surface area contributed by atoms with Crippen LogP contribution < -0.4 is 5.73 Å². The molecule has 0 amide bonds. The highest BCUT2D eigenvalue weighted by molar-refractivity contribution is 7.12. The van der Waals surface area contributed by atoms with Crippen LogP contribution in [0.2, 0.25) is 0 Å². The molecular formula is C16H15F3N2OS. The number of hydrogen-bond donors (Lipinski definition) is 1. The largest absolute Gasteiger partial charge is 0.416 e. The average molecular weight is 340 g/mol. The summed E-state index contributed by atoms with van der Waals surface area (Å²) in [6.45, 7) is 2.21. The van der Waals surface area contributed by atoms with Crippen LogP contribution in [-0.2, 0) is 17.6 Å². The number of nitrogens with zero attached hydrogens (tertiary/aromatic N) is 1. The van der Waals surface area contributed by atoms with Gasteiger partial charge in [0.15, 0.2) is 0 Å². The smallest absolute Gasteiger partial charge is 0.387 e. The van der Waals surface area contributed by atoms with Crippen LogP contribution in [0, 0.1) is 6.92 Å². The van der Waals surface area contributed by atoms with Crippen LogP contribution in [0.5, 0.6) is 0 Å². The van der Waals surface area contributed by atoms with Gasteiger partial charge in [0.25, 0.3) is 0 Å². The molecule has 1 atom stereocenters. The Morgan fingerprint density at radius 3 is 2.70 bits per heavy atom. The van der Waals surface area contributed by atoms with Gasteiger partial charge in [-0.3, -0.25) is 0 Å².